The number of carbonyl (C=O) groups is 1. The summed E-state index contributed by atoms with van der Waals surface area (Å²) in [4.78, 5) is 13.7. The van der Waals surface area contributed by atoms with Crippen molar-refractivity contribution in [3.8, 4) is 11.1 Å². The van der Waals surface area contributed by atoms with Crippen LogP contribution < -0.4 is 4.72 Å². The minimum absolute atomic E-state index is 0.0412. The number of nitrogens with zero attached hydrogens (tertiary/aromatic N) is 1. The van der Waals surface area contributed by atoms with Gasteiger partial charge in [-0.15, -0.1) is 0 Å². The molecule has 1 fully saturated rings. The van der Waals surface area contributed by atoms with Gasteiger partial charge in [-0.25, -0.2) is 17.2 Å². The van der Waals surface area contributed by atoms with Gasteiger partial charge in [-0.3, -0.25) is 9.52 Å². The Labute approximate surface area is 183 Å². The smallest absolute Gasteiger partial charge is 0.262 e. The van der Waals surface area contributed by atoms with Gasteiger partial charge in [0, 0.05) is 35.3 Å². The third-order valence-corrected chi connectivity index (χ3v) is 6.52. The molecule has 0 atom stereocenters. The maximum Gasteiger partial charge on any atom is 0.262 e. The first kappa shape index (κ1) is 21.3. The van der Waals surface area contributed by atoms with Gasteiger partial charge in [0.2, 0.25) is 0 Å². The Bertz CT molecular complexity index is 1260. The maximum absolute atomic E-state index is 14.4. The van der Waals surface area contributed by atoms with Crippen LogP contribution in [0.2, 0.25) is 5.02 Å². The normalized spacial score (nSPS) is 13.6. The Morgan fingerprint density at radius 1 is 0.968 bits per heavy atom. The summed E-state index contributed by atoms with van der Waals surface area (Å²) in [6.45, 7) is 1.18. The SMILES string of the molecule is O=C(c1cc(Cl)cc(S(=O)(=O)Nc2cc(-c3ccccc3)c(F)cc2F)c1)N1CCC1. The molecule has 0 aromatic heterocycles. The predicted molar refractivity (Wildman–Crippen MR) is 115 cm³/mol. The molecular weight excluding hydrogens is 446 g/mol. The van der Waals surface area contributed by atoms with E-state index in [0.29, 0.717) is 24.7 Å². The zero-order valence-electron chi connectivity index (χ0n) is 16.1. The zero-order valence-corrected chi connectivity index (χ0v) is 17.7. The molecule has 1 aliphatic heterocycles. The van der Waals surface area contributed by atoms with Crippen LogP contribution >= 0.6 is 11.6 Å². The van der Waals surface area contributed by atoms with E-state index in [2.05, 4.69) is 4.72 Å². The zero-order chi connectivity index (χ0) is 22.2. The molecule has 1 amide bonds. The highest BCUT2D eigenvalue weighted by Crippen LogP contribution is 2.30. The molecule has 4 rings (SSSR count). The number of sulfonamides is 1. The van der Waals surface area contributed by atoms with E-state index in [4.69, 9.17) is 11.6 Å². The quantitative estimate of drug-likeness (QED) is 0.584. The number of carbonyl (C=O) groups excluding carboxylic acids is 1. The van der Waals surface area contributed by atoms with Crippen LogP contribution in [0.3, 0.4) is 0 Å². The van der Waals surface area contributed by atoms with Crippen LogP contribution in [-0.4, -0.2) is 32.3 Å². The van der Waals surface area contributed by atoms with Crippen molar-refractivity contribution in [2.45, 2.75) is 11.3 Å². The molecule has 1 heterocycles. The fourth-order valence-corrected chi connectivity index (χ4v) is 4.64. The average molecular weight is 463 g/mol. The Hall–Kier alpha value is -2.97. The Kier molecular flexibility index (Phi) is 5.68. The molecule has 1 N–H and O–H groups in total. The van der Waals surface area contributed by atoms with E-state index in [1.807, 2.05) is 0 Å². The molecule has 0 saturated carbocycles. The molecular formula is C22H17ClF2N2O3S. The van der Waals surface area contributed by atoms with E-state index in [1.165, 1.54) is 12.1 Å². The van der Waals surface area contributed by atoms with E-state index >= 15 is 0 Å². The van der Waals surface area contributed by atoms with Gasteiger partial charge in [-0.05, 0) is 36.2 Å². The number of nitrogens with one attached hydrogen (secondary N) is 1. The Morgan fingerprint density at radius 2 is 1.68 bits per heavy atom. The van der Waals surface area contributed by atoms with Gasteiger partial charge in [-0.2, -0.15) is 0 Å². The first-order valence-corrected chi connectivity index (χ1v) is 11.3. The average Bonchev–Trinajstić information content (AvgIpc) is 2.69. The molecule has 0 bridgehead atoms. The van der Waals surface area contributed by atoms with Crippen molar-refractivity contribution in [3.63, 3.8) is 0 Å². The van der Waals surface area contributed by atoms with E-state index in [-0.39, 0.29) is 27.0 Å². The van der Waals surface area contributed by atoms with Crippen LogP contribution in [0.25, 0.3) is 11.1 Å². The standard InChI is InChI=1S/C22H17ClF2N2O3S/c23-16-9-15(22(28)27-7-4-8-27)10-17(11-16)31(29,30)26-21-12-18(19(24)13-20(21)25)14-5-2-1-3-6-14/h1-3,5-6,9-13,26H,4,7-8H2. The highest BCUT2D eigenvalue weighted by atomic mass is 35.5. The number of halogens is 3. The van der Waals surface area contributed by atoms with E-state index in [1.54, 1.807) is 35.2 Å². The largest absolute Gasteiger partial charge is 0.339 e. The molecule has 0 unspecified atom stereocenters. The van der Waals surface area contributed by atoms with Crippen molar-refractivity contribution in [2.24, 2.45) is 0 Å². The number of anilines is 1. The van der Waals surface area contributed by atoms with Crippen LogP contribution in [0.15, 0.2) is 65.6 Å². The second-order valence-electron chi connectivity index (χ2n) is 7.10. The number of benzene rings is 3. The fourth-order valence-electron chi connectivity index (χ4n) is 3.21. The second-order valence-corrected chi connectivity index (χ2v) is 9.22. The molecule has 9 heteroatoms. The first-order valence-electron chi connectivity index (χ1n) is 9.42. The molecule has 3 aromatic carbocycles. The van der Waals surface area contributed by atoms with Crippen LogP contribution in [0.1, 0.15) is 16.8 Å². The molecule has 0 aliphatic carbocycles. The predicted octanol–water partition coefficient (Wildman–Crippen LogP) is 4.93. The van der Waals surface area contributed by atoms with E-state index < -0.39 is 27.3 Å². The fraction of sp³-hybridized carbons (Fsp3) is 0.136. The minimum atomic E-state index is -4.31. The topological polar surface area (TPSA) is 66.5 Å². The van der Waals surface area contributed by atoms with Gasteiger partial charge >= 0.3 is 0 Å². The number of hydrogen-bond donors (Lipinski definition) is 1. The minimum Gasteiger partial charge on any atom is -0.339 e. The van der Waals surface area contributed by atoms with Gasteiger partial charge in [-0.1, -0.05) is 41.9 Å². The van der Waals surface area contributed by atoms with Crippen LogP contribution in [0.4, 0.5) is 14.5 Å². The number of amides is 1. The van der Waals surface area contributed by atoms with Gasteiger partial charge in [0.15, 0.2) is 0 Å². The first-order chi connectivity index (χ1) is 14.7. The molecule has 5 nitrogen and oxygen atoms in total. The van der Waals surface area contributed by atoms with Crippen molar-refractivity contribution in [2.75, 3.05) is 17.8 Å². The molecule has 0 radical (unpaired) electrons. The van der Waals surface area contributed by atoms with Crippen LogP contribution in [0, 0.1) is 11.6 Å². The molecule has 0 spiro atoms. The summed E-state index contributed by atoms with van der Waals surface area (Å²) in [7, 11) is -4.31. The lowest BCUT2D eigenvalue weighted by Gasteiger charge is -2.31. The van der Waals surface area contributed by atoms with Gasteiger partial charge < -0.3 is 4.90 Å². The summed E-state index contributed by atoms with van der Waals surface area (Å²) in [5, 5.41) is 0.0521. The van der Waals surface area contributed by atoms with Gasteiger partial charge in [0.1, 0.15) is 11.6 Å². The van der Waals surface area contributed by atoms with Crippen molar-refractivity contribution < 1.29 is 22.0 Å². The van der Waals surface area contributed by atoms with Gasteiger partial charge in [0.05, 0.1) is 10.6 Å². The second kappa shape index (κ2) is 8.28. The summed E-state index contributed by atoms with van der Waals surface area (Å²) in [5.74, 6) is -2.22. The molecule has 3 aromatic rings. The Morgan fingerprint density at radius 3 is 2.32 bits per heavy atom. The maximum atomic E-state index is 14.4. The van der Waals surface area contributed by atoms with E-state index in [0.717, 1.165) is 18.6 Å². The van der Waals surface area contributed by atoms with Crippen LogP contribution in [-0.2, 0) is 10.0 Å². The molecule has 31 heavy (non-hydrogen) atoms. The van der Waals surface area contributed by atoms with Crippen molar-refractivity contribution in [1.29, 1.82) is 0 Å². The number of rotatable bonds is 5. The highest BCUT2D eigenvalue weighted by molar-refractivity contribution is 7.92. The number of likely N-dealkylation sites (tertiary alicyclic amines) is 1. The Balaban J connectivity index is 1.69. The highest BCUT2D eigenvalue weighted by Gasteiger charge is 2.25. The van der Waals surface area contributed by atoms with Crippen molar-refractivity contribution >= 4 is 33.2 Å². The molecule has 160 valence electrons. The lowest BCUT2D eigenvalue weighted by Crippen LogP contribution is -2.42. The summed E-state index contributed by atoms with van der Waals surface area (Å²) in [6.07, 6.45) is 0.882. The van der Waals surface area contributed by atoms with E-state index in [9.17, 15) is 22.0 Å². The monoisotopic (exact) mass is 462 g/mol. The summed E-state index contributed by atoms with van der Waals surface area (Å²) >= 11 is 6.04. The van der Waals surface area contributed by atoms with Gasteiger partial charge in [0.25, 0.3) is 15.9 Å². The summed E-state index contributed by atoms with van der Waals surface area (Å²) in [6, 6.07) is 13.8. The lowest BCUT2D eigenvalue weighted by atomic mass is 10.0. The molecule has 1 saturated heterocycles. The summed E-state index contributed by atoms with van der Waals surface area (Å²) in [5.41, 5.74) is 0.207. The third-order valence-electron chi connectivity index (χ3n) is 4.96. The van der Waals surface area contributed by atoms with Crippen molar-refractivity contribution in [3.05, 3.63) is 82.9 Å². The van der Waals surface area contributed by atoms with Crippen LogP contribution in [0.5, 0.6) is 0 Å². The van der Waals surface area contributed by atoms with Crippen molar-refractivity contribution in [1.82, 2.24) is 4.90 Å². The third kappa shape index (κ3) is 4.40. The molecule has 1 aliphatic rings. The number of hydrogen-bond acceptors (Lipinski definition) is 3. The lowest BCUT2D eigenvalue weighted by molar-refractivity contribution is 0.0651. The summed E-state index contributed by atoms with van der Waals surface area (Å²) < 4.78 is 56.7.